The van der Waals surface area contributed by atoms with Crippen molar-refractivity contribution in [2.24, 2.45) is 7.05 Å². The van der Waals surface area contributed by atoms with Gasteiger partial charge in [-0.1, -0.05) is 0 Å². The average Bonchev–Trinajstić information content (AvgIpc) is 3.22. The molecule has 0 radical (unpaired) electrons. The minimum atomic E-state index is 0.0420. The van der Waals surface area contributed by atoms with Crippen LogP contribution in [0.5, 0.6) is 0 Å². The van der Waals surface area contributed by atoms with E-state index in [9.17, 15) is 4.79 Å². The van der Waals surface area contributed by atoms with Crippen molar-refractivity contribution in [3.8, 4) is 5.82 Å². The summed E-state index contributed by atoms with van der Waals surface area (Å²) in [6, 6.07) is 4.01. The topological polar surface area (TPSA) is 55.5 Å². The van der Waals surface area contributed by atoms with Crippen LogP contribution in [0.25, 0.3) is 5.82 Å². The summed E-state index contributed by atoms with van der Waals surface area (Å²) in [7, 11) is 3.96. The van der Waals surface area contributed by atoms with Gasteiger partial charge in [-0.05, 0) is 25.6 Å². The highest BCUT2D eigenvalue weighted by Crippen LogP contribution is 2.25. The number of morpholine rings is 1. The van der Waals surface area contributed by atoms with E-state index in [0.717, 1.165) is 25.3 Å². The van der Waals surface area contributed by atoms with Crippen LogP contribution in [-0.2, 0) is 11.8 Å². The lowest BCUT2D eigenvalue weighted by Gasteiger charge is -2.46. The van der Waals surface area contributed by atoms with Gasteiger partial charge in [0.1, 0.15) is 11.4 Å². The fourth-order valence-corrected chi connectivity index (χ4v) is 3.80. The molecule has 4 rings (SSSR count). The third-order valence-electron chi connectivity index (χ3n) is 5.04. The molecular formula is C17H23N5O2. The van der Waals surface area contributed by atoms with E-state index in [-0.39, 0.29) is 18.1 Å². The Kier molecular flexibility index (Phi) is 3.90. The Morgan fingerprint density at radius 1 is 1.25 bits per heavy atom. The highest BCUT2D eigenvalue weighted by Gasteiger charge is 2.39. The Bertz CT molecular complexity index is 723. The maximum atomic E-state index is 13.3. The molecule has 4 heterocycles. The molecule has 1 amide bonds. The molecule has 2 saturated heterocycles. The van der Waals surface area contributed by atoms with Crippen molar-refractivity contribution >= 4 is 5.91 Å². The van der Waals surface area contributed by atoms with Crippen molar-refractivity contribution in [1.82, 2.24) is 24.1 Å². The molecule has 128 valence electrons. The van der Waals surface area contributed by atoms with Gasteiger partial charge in [-0.3, -0.25) is 9.48 Å². The number of hydrogen-bond donors (Lipinski definition) is 0. The van der Waals surface area contributed by atoms with E-state index >= 15 is 0 Å². The van der Waals surface area contributed by atoms with Crippen molar-refractivity contribution in [1.29, 1.82) is 0 Å². The predicted molar refractivity (Wildman–Crippen MR) is 89.2 cm³/mol. The zero-order chi connectivity index (χ0) is 16.7. The molecule has 2 aliphatic heterocycles. The van der Waals surface area contributed by atoms with Crippen LogP contribution in [-0.4, -0.2) is 75.5 Å². The van der Waals surface area contributed by atoms with Gasteiger partial charge >= 0.3 is 0 Å². The number of fused-ring (bicyclic) bond motifs is 1. The van der Waals surface area contributed by atoms with Gasteiger partial charge in [0.2, 0.25) is 0 Å². The fraction of sp³-hybridized carbons (Fsp3) is 0.529. The van der Waals surface area contributed by atoms with Crippen LogP contribution >= 0.6 is 0 Å². The SMILES string of the molecule is CN1CCC2OCCN(C(=O)c3cnn(C)c3-n3cccc3)C2C1. The number of rotatable bonds is 2. The van der Waals surface area contributed by atoms with Crippen LogP contribution in [0.15, 0.2) is 30.7 Å². The largest absolute Gasteiger partial charge is 0.374 e. The van der Waals surface area contributed by atoms with Crippen LogP contribution in [0.3, 0.4) is 0 Å². The first-order valence-corrected chi connectivity index (χ1v) is 8.41. The number of amides is 1. The number of piperidine rings is 1. The number of aryl methyl sites for hydroxylation is 1. The number of hydrogen-bond acceptors (Lipinski definition) is 4. The molecule has 2 fully saturated rings. The zero-order valence-corrected chi connectivity index (χ0v) is 14.1. The average molecular weight is 329 g/mol. The monoisotopic (exact) mass is 329 g/mol. The molecule has 7 heteroatoms. The van der Waals surface area contributed by atoms with Gasteiger partial charge in [-0.15, -0.1) is 0 Å². The van der Waals surface area contributed by atoms with Crippen LogP contribution in [0.2, 0.25) is 0 Å². The van der Waals surface area contributed by atoms with Crippen molar-refractivity contribution in [2.75, 3.05) is 33.3 Å². The Labute approximate surface area is 141 Å². The molecule has 24 heavy (non-hydrogen) atoms. The van der Waals surface area contributed by atoms with E-state index in [1.54, 1.807) is 10.9 Å². The van der Waals surface area contributed by atoms with E-state index in [1.807, 2.05) is 41.0 Å². The van der Waals surface area contributed by atoms with Gasteiger partial charge < -0.3 is 19.1 Å². The van der Waals surface area contributed by atoms with Gasteiger partial charge in [0.05, 0.1) is 24.9 Å². The van der Waals surface area contributed by atoms with Gasteiger partial charge in [-0.25, -0.2) is 0 Å². The Morgan fingerprint density at radius 3 is 2.83 bits per heavy atom. The van der Waals surface area contributed by atoms with E-state index in [0.29, 0.717) is 18.7 Å². The van der Waals surface area contributed by atoms with Crippen LogP contribution in [0.4, 0.5) is 0 Å². The van der Waals surface area contributed by atoms with Crippen LogP contribution in [0.1, 0.15) is 16.8 Å². The summed E-state index contributed by atoms with van der Waals surface area (Å²) in [5, 5.41) is 4.31. The van der Waals surface area contributed by atoms with Gasteiger partial charge in [0.15, 0.2) is 0 Å². The second-order valence-electron chi connectivity index (χ2n) is 6.62. The number of carbonyl (C=O) groups is 1. The smallest absolute Gasteiger partial charge is 0.259 e. The minimum absolute atomic E-state index is 0.0420. The molecule has 7 nitrogen and oxygen atoms in total. The number of carbonyl (C=O) groups excluding carboxylic acids is 1. The summed E-state index contributed by atoms with van der Waals surface area (Å²) >= 11 is 0. The molecule has 0 bridgehead atoms. The molecule has 0 aliphatic carbocycles. The molecule has 2 aromatic heterocycles. The normalized spacial score (nSPS) is 24.8. The minimum Gasteiger partial charge on any atom is -0.374 e. The summed E-state index contributed by atoms with van der Waals surface area (Å²) in [4.78, 5) is 17.5. The molecule has 0 N–H and O–H groups in total. The number of likely N-dealkylation sites (tertiary alicyclic amines) is 1. The van der Waals surface area contributed by atoms with Crippen LogP contribution in [0, 0.1) is 0 Å². The van der Waals surface area contributed by atoms with Gasteiger partial charge in [0.25, 0.3) is 5.91 Å². The maximum absolute atomic E-state index is 13.3. The standard InChI is InChI=1S/C17H23N5O2/c1-19-8-5-15-14(12-19)22(9-10-24-15)17(23)13-11-18-20(2)16(13)21-6-3-4-7-21/h3-4,6-7,11,14-15H,5,8-10,12H2,1-2H3. The van der Waals surface area contributed by atoms with Crippen molar-refractivity contribution < 1.29 is 9.53 Å². The molecule has 2 atom stereocenters. The second kappa shape index (κ2) is 6.07. The summed E-state index contributed by atoms with van der Waals surface area (Å²) in [5.74, 6) is 0.845. The molecule has 2 aliphatic rings. The predicted octanol–water partition coefficient (Wildman–Crippen LogP) is 0.756. The number of ether oxygens (including phenoxy) is 1. The van der Waals surface area contributed by atoms with Crippen molar-refractivity contribution in [2.45, 2.75) is 18.6 Å². The van der Waals surface area contributed by atoms with Crippen molar-refractivity contribution in [3.63, 3.8) is 0 Å². The third-order valence-corrected chi connectivity index (χ3v) is 5.04. The van der Waals surface area contributed by atoms with Crippen LogP contribution < -0.4 is 0 Å². The molecule has 0 spiro atoms. The first-order valence-electron chi connectivity index (χ1n) is 8.41. The van der Waals surface area contributed by atoms with E-state index in [2.05, 4.69) is 17.0 Å². The quantitative estimate of drug-likeness (QED) is 0.816. The van der Waals surface area contributed by atoms with E-state index in [1.165, 1.54) is 0 Å². The molecular weight excluding hydrogens is 306 g/mol. The van der Waals surface area contributed by atoms with Gasteiger partial charge in [-0.2, -0.15) is 5.10 Å². The number of likely N-dealkylation sites (N-methyl/N-ethyl adjacent to an activating group) is 1. The summed E-state index contributed by atoms with van der Waals surface area (Å²) < 4.78 is 9.59. The Hall–Kier alpha value is -2.12. The maximum Gasteiger partial charge on any atom is 0.259 e. The van der Waals surface area contributed by atoms with E-state index < -0.39 is 0 Å². The van der Waals surface area contributed by atoms with E-state index in [4.69, 9.17) is 4.74 Å². The van der Waals surface area contributed by atoms with Crippen molar-refractivity contribution in [3.05, 3.63) is 36.3 Å². The summed E-state index contributed by atoms with van der Waals surface area (Å²) in [5.41, 5.74) is 0.641. The second-order valence-corrected chi connectivity index (χ2v) is 6.62. The number of nitrogens with zero attached hydrogens (tertiary/aromatic N) is 5. The summed E-state index contributed by atoms with van der Waals surface area (Å²) in [6.45, 7) is 3.11. The lowest BCUT2D eigenvalue weighted by atomic mass is 9.98. The summed E-state index contributed by atoms with van der Waals surface area (Å²) in [6.07, 6.45) is 6.66. The highest BCUT2D eigenvalue weighted by atomic mass is 16.5. The molecule has 2 aromatic rings. The third kappa shape index (κ3) is 2.53. The molecule has 2 unspecified atom stereocenters. The first kappa shape index (κ1) is 15.4. The lowest BCUT2D eigenvalue weighted by Crippen LogP contribution is -2.60. The molecule has 0 aromatic carbocycles. The Balaban J connectivity index is 1.66. The Morgan fingerprint density at radius 2 is 2.04 bits per heavy atom. The zero-order valence-electron chi connectivity index (χ0n) is 14.1. The number of aromatic nitrogens is 3. The first-order chi connectivity index (χ1) is 11.6. The molecule has 0 saturated carbocycles. The van der Waals surface area contributed by atoms with Gasteiger partial charge in [0, 0.05) is 39.1 Å². The lowest BCUT2D eigenvalue weighted by molar-refractivity contribution is -0.0869. The fourth-order valence-electron chi connectivity index (χ4n) is 3.80. The highest BCUT2D eigenvalue weighted by molar-refractivity contribution is 5.97.